The SMILES string of the molecule is CCC(C(=O)Nc1cc(Cl)ccc1C)N(c1ccc(Cl)cc1)S(C)(=O)=O. The number of benzene rings is 2. The molecule has 1 N–H and O–H groups in total. The van der Waals surface area contributed by atoms with Gasteiger partial charge in [0, 0.05) is 15.7 Å². The summed E-state index contributed by atoms with van der Waals surface area (Å²) in [4.78, 5) is 12.8. The standard InChI is InChI=1S/C18H20Cl2N2O3S/c1-4-17(18(23)21-16-11-14(20)6-5-12(16)2)22(26(3,24)25)15-9-7-13(19)8-10-15/h5-11,17H,4H2,1-3H3,(H,21,23). The van der Waals surface area contributed by atoms with Gasteiger partial charge in [-0.1, -0.05) is 36.2 Å². The molecule has 5 nitrogen and oxygen atoms in total. The average molecular weight is 415 g/mol. The molecular formula is C18H20Cl2N2O3S. The number of hydrogen-bond donors (Lipinski definition) is 1. The minimum absolute atomic E-state index is 0.293. The zero-order valence-electron chi connectivity index (χ0n) is 14.7. The van der Waals surface area contributed by atoms with E-state index in [0.717, 1.165) is 16.1 Å². The van der Waals surface area contributed by atoms with Crippen molar-refractivity contribution in [1.82, 2.24) is 0 Å². The van der Waals surface area contributed by atoms with Crippen LogP contribution in [0.2, 0.25) is 10.0 Å². The van der Waals surface area contributed by atoms with Gasteiger partial charge in [0.2, 0.25) is 15.9 Å². The monoisotopic (exact) mass is 414 g/mol. The highest BCUT2D eigenvalue weighted by Crippen LogP contribution is 2.26. The summed E-state index contributed by atoms with van der Waals surface area (Å²) < 4.78 is 25.9. The molecule has 0 aliphatic rings. The predicted molar refractivity (Wildman–Crippen MR) is 108 cm³/mol. The first kappa shape index (κ1) is 20.6. The molecule has 26 heavy (non-hydrogen) atoms. The Morgan fingerprint density at radius 3 is 2.23 bits per heavy atom. The third-order valence-electron chi connectivity index (χ3n) is 3.87. The number of hydrogen-bond acceptors (Lipinski definition) is 3. The second kappa shape index (κ2) is 8.29. The zero-order valence-corrected chi connectivity index (χ0v) is 17.0. The molecule has 0 radical (unpaired) electrons. The lowest BCUT2D eigenvalue weighted by Gasteiger charge is -2.30. The quantitative estimate of drug-likeness (QED) is 0.756. The van der Waals surface area contributed by atoms with Crippen molar-refractivity contribution in [3.63, 3.8) is 0 Å². The maximum absolute atomic E-state index is 12.8. The molecule has 0 saturated carbocycles. The number of nitrogens with one attached hydrogen (secondary N) is 1. The van der Waals surface area contributed by atoms with Crippen LogP contribution in [0.15, 0.2) is 42.5 Å². The smallest absolute Gasteiger partial charge is 0.248 e. The molecule has 0 spiro atoms. The summed E-state index contributed by atoms with van der Waals surface area (Å²) in [6, 6.07) is 10.5. The van der Waals surface area contributed by atoms with Crippen LogP contribution >= 0.6 is 23.2 Å². The van der Waals surface area contributed by atoms with E-state index < -0.39 is 22.0 Å². The molecule has 2 aromatic rings. The lowest BCUT2D eigenvalue weighted by molar-refractivity contribution is -0.117. The highest BCUT2D eigenvalue weighted by Gasteiger charge is 2.31. The van der Waals surface area contributed by atoms with Crippen LogP contribution in [0.3, 0.4) is 0 Å². The number of carbonyl (C=O) groups excluding carboxylic acids is 1. The number of halogens is 2. The maximum Gasteiger partial charge on any atom is 0.248 e. The summed E-state index contributed by atoms with van der Waals surface area (Å²) >= 11 is 11.9. The summed E-state index contributed by atoms with van der Waals surface area (Å²) in [5, 5.41) is 3.74. The number of nitrogens with zero attached hydrogens (tertiary/aromatic N) is 1. The lowest BCUT2D eigenvalue weighted by Crippen LogP contribution is -2.47. The molecule has 140 valence electrons. The first-order valence-corrected chi connectivity index (χ1v) is 10.6. The van der Waals surface area contributed by atoms with Crippen LogP contribution in [0, 0.1) is 6.92 Å². The molecule has 0 bridgehead atoms. The number of anilines is 2. The van der Waals surface area contributed by atoms with E-state index >= 15 is 0 Å². The van der Waals surface area contributed by atoms with Gasteiger partial charge in [-0.2, -0.15) is 0 Å². The minimum atomic E-state index is -3.69. The predicted octanol–water partition coefficient (Wildman–Crippen LogP) is 4.49. The molecule has 1 atom stereocenters. The number of amides is 1. The van der Waals surface area contributed by atoms with Gasteiger partial charge in [0.05, 0.1) is 11.9 Å². The fourth-order valence-corrected chi connectivity index (χ4v) is 4.10. The average Bonchev–Trinajstić information content (AvgIpc) is 2.56. The molecule has 8 heteroatoms. The van der Waals surface area contributed by atoms with Crippen LogP contribution in [0.25, 0.3) is 0 Å². The van der Waals surface area contributed by atoms with Crippen LogP contribution in [0.1, 0.15) is 18.9 Å². The van der Waals surface area contributed by atoms with Crippen LogP contribution in [-0.2, 0) is 14.8 Å². The number of sulfonamides is 1. The van der Waals surface area contributed by atoms with E-state index in [2.05, 4.69) is 5.32 Å². The van der Waals surface area contributed by atoms with Crippen molar-refractivity contribution in [2.45, 2.75) is 26.3 Å². The van der Waals surface area contributed by atoms with Crippen LogP contribution in [-0.4, -0.2) is 26.6 Å². The van der Waals surface area contributed by atoms with E-state index in [1.54, 1.807) is 49.4 Å². The second-order valence-corrected chi connectivity index (χ2v) is 8.64. The van der Waals surface area contributed by atoms with Gasteiger partial charge in [-0.15, -0.1) is 0 Å². The third-order valence-corrected chi connectivity index (χ3v) is 5.54. The molecule has 0 heterocycles. The molecular weight excluding hydrogens is 395 g/mol. The molecule has 1 unspecified atom stereocenters. The Bertz CT molecular complexity index is 899. The van der Waals surface area contributed by atoms with E-state index in [4.69, 9.17) is 23.2 Å². The second-order valence-electron chi connectivity index (χ2n) is 5.91. The van der Waals surface area contributed by atoms with Crippen molar-refractivity contribution in [2.75, 3.05) is 15.9 Å². The molecule has 0 fully saturated rings. The normalized spacial score (nSPS) is 12.5. The van der Waals surface area contributed by atoms with Gasteiger partial charge in [-0.05, 0) is 55.3 Å². The van der Waals surface area contributed by atoms with Gasteiger partial charge in [0.1, 0.15) is 6.04 Å². The van der Waals surface area contributed by atoms with E-state index in [1.165, 1.54) is 0 Å². The van der Waals surface area contributed by atoms with E-state index in [1.807, 2.05) is 6.92 Å². The third kappa shape index (κ3) is 4.90. The Labute approximate surface area is 164 Å². The van der Waals surface area contributed by atoms with Gasteiger partial charge in [-0.25, -0.2) is 8.42 Å². The summed E-state index contributed by atoms with van der Waals surface area (Å²) in [6.07, 6.45) is 1.36. The molecule has 2 rings (SSSR count). The molecule has 0 aromatic heterocycles. The van der Waals surface area contributed by atoms with Crippen LogP contribution in [0.4, 0.5) is 11.4 Å². The maximum atomic E-state index is 12.8. The summed E-state index contributed by atoms with van der Waals surface area (Å²) in [6.45, 7) is 3.59. The zero-order chi connectivity index (χ0) is 19.5. The number of carbonyl (C=O) groups is 1. The molecule has 0 aliphatic carbocycles. The highest BCUT2D eigenvalue weighted by atomic mass is 35.5. The minimum Gasteiger partial charge on any atom is -0.324 e. The van der Waals surface area contributed by atoms with E-state index in [-0.39, 0.29) is 0 Å². The topological polar surface area (TPSA) is 66.5 Å². The van der Waals surface area contributed by atoms with Crippen LogP contribution in [0.5, 0.6) is 0 Å². The van der Waals surface area contributed by atoms with Gasteiger partial charge >= 0.3 is 0 Å². The Hall–Kier alpha value is -1.76. The fourth-order valence-electron chi connectivity index (χ4n) is 2.59. The first-order chi connectivity index (χ1) is 12.1. The Morgan fingerprint density at radius 1 is 1.12 bits per heavy atom. The Morgan fingerprint density at radius 2 is 1.69 bits per heavy atom. The summed E-state index contributed by atoms with van der Waals surface area (Å²) in [5.41, 5.74) is 1.75. The summed E-state index contributed by atoms with van der Waals surface area (Å²) in [5.74, 6) is -0.432. The summed E-state index contributed by atoms with van der Waals surface area (Å²) in [7, 11) is -3.69. The van der Waals surface area contributed by atoms with Gasteiger partial charge in [0.15, 0.2) is 0 Å². The van der Waals surface area contributed by atoms with Crippen molar-refractivity contribution in [2.24, 2.45) is 0 Å². The van der Waals surface area contributed by atoms with Gasteiger partial charge in [0.25, 0.3) is 0 Å². The van der Waals surface area contributed by atoms with Crippen molar-refractivity contribution >= 4 is 50.5 Å². The van der Waals surface area contributed by atoms with Gasteiger partial charge < -0.3 is 5.32 Å². The largest absolute Gasteiger partial charge is 0.324 e. The van der Waals surface area contributed by atoms with Crippen LogP contribution < -0.4 is 9.62 Å². The molecule has 0 aliphatic heterocycles. The molecule has 0 saturated heterocycles. The lowest BCUT2D eigenvalue weighted by atomic mass is 10.1. The highest BCUT2D eigenvalue weighted by molar-refractivity contribution is 7.92. The van der Waals surface area contributed by atoms with E-state index in [9.17, 15) is 13.2 Å². The van der Waals surface area contributed by atoms with Crippen molar-refractivity contribution in [1.29, 1.82) is 0 Å². The number of aryl methyl sites for hydroxylation is 1. The Balaban J connectivity index is 2.39. The van der Waals surface area contributed by atoms with Crippen molar-refractivity contribution in [3.05, 3.63) is 58.1 Å². The Kier molecular flexibility index (Phi) is 6.55. The van der Waals surface area contributed by atoms with Crippen molar-refractivity contribution in [3.8, 4) is 0 Å². The molecule has 1 amide bonds. The molecule has 2 aromatic carbocycles. The fraction of sp³-hybridized carbons (Fsp3) is 0.278. The number of rotatable bonds is 6. The van der Waals surface area contributed by atoms with Crippen molar-refractivity contribution < 1.29 is 13.2 Å². The van der Waals surface area contributed by atoms with Gasteiger partial charge in [-0.3, -0.25) is 9.10 Å². The van der Waals surface area contributed by atoms with E-state index in [0.29, 0.717) is 27.8 Å². The first-order valence-electron chi connectivity index (χ1n) is 7.95.